The minimum Gasteiger partial charge on any atom is -0.480 e. The molecule has 118 valence electrons. The Morgan fingerprint density at radius 3 is 2.30 bits per heavy atom. The molecule has 0 saturated heterocycles. The number of halogens is 3. The van der Waals surface area contributed by atoms with E-state index in [1.807, 2.05) is 6.92 Å². The van der Waals surface area contributed by atoms with E-state index in [4.69, 9.17) is 9.84 Å². The number of ether oxygens (including phenoxy) is 1. The Morgan fingerprint density at radius 1 is 1.25 bits per heavy atom. The van der Waals surface area contributed by atoms with Crippen LogP contribution in [0.2, 0.25) is 0 Å². The second kappa shape index (κ2) is 8.65. The topological polar surface area (TPSA) is 66.8 Å². The van der Waals surface area contributed by atoms with Gasteiger partial charge in [0.25, 0.3) is 0 Å². The monoisotopic (exact) mass is 299 g/mol. The minimum absolute atomic E-state index is 0.0710. The molecular formula is C12H20F3NO4. The van der Waals surface area contributed by atoms with Crippen LogP contribution in [-0.2, 0) is 9.53 Å². The van der Waals surface area contributed by atoms with Crippen molar-refractivity contribution < 1.29 is 32.6 Å². The number of amides is 1. The van der Waals surface area contributed by atoms with Gasteiger partial charge in [0, 0.05) is 7.05 Å². The van der Waals surface area contributed by atoms with Crippen LogP contribution < -0.4 is 0 Å². The van der Waals surface area contributed by atoms with Gasteiger partial charge in [-0.15, -0.1) is 0 Å². The van der Waals surface area contributed by atoms with Gasteiger partial charge in [-0.05, 0) is 6.42 Å². The highest BCUT2D eigenvalue weighted by molar-refractivity contribution is 5.79. The van der Waals surface area contributed by atoms with E-state index in [2.05, 4.69) is 0 Å². The number of hydrogen-bond donors (Lipinski definition) is 1. The molecule has 0 aliphatic carbocycles. The summed E-state index contributed by atoms with van der Waals surface area (Å²) >= 11 is 0. The molecular weight excluding hydrogens is 279 g/mol. The van der Waals surface area contributed by atoms with Crippen LogP contribution in [0, 0.1) is 0 Å². The Hall–Kier alpha value is -1.47. The van der Waals surface area contributed by atoms with E-state index in [0.29, 0.717) is 11.3 Å². The molecule has 1 atom stereocenters. The van der Waals surface area contributed by atoms with E-state index < -0.39 is 30.7 Å². The molecule has 5 nitrogen and oxygen atoms in total. The molecule has 20 heavy (non-hydrogen) atoms. The van der Waals surface area contributed by atoms with E-state index in [1.54, 1.807) is 0 Å². The van der Waals surface area contributed by atoms with Crippen LogP contribution in [0.1, 0.15) is 39.0 Å². The zero-order valence-electron chi connectivity index (χ0n) is 11.6. The molecule has 1 unspecified atom stereocenters. The molecule has 0 heterocycles. The molecule has 0 aromatic carbocycles. The van der Waals surface area contributed by atoms with E-state index >= 15 is 0 Å². The highest BCUT2D eigenvalue weighted by Crippen LogP contribution is 2.24. The fourth-order valence-electron chi connectivity index (χ4n) is 1.53. The summed E-state index contributed by atoms with van der Waals surface area (Å²) in [6.07, 6.45) is -3.91. The van der Waals surface area contributed by atoms with Crippen molar-refractivity contribution in [2.75, 3.05) is 13.7 Å². The maximum atomic E-state index is 12.2. The van der Waals surface area contributed by atoms with Gasteiger partial charge in [-0.3, -0.25) is 4.90 Å². The first kappa shape index (κ1) is 18.5. The summed E-state index contributed by atoms with van der Waals surface area (Å²) in [6, 6.07) is -1.97. The molecule has 0 aromatic rings. The molecule has 0 radical (unpaired) electrons. The summed E-state index contributed by atoms with van der Waals surface area (Å²) in [5, 5.41) is 8.75. The quantitative estimate of drug-likeness (QED) is 0.700. The second-order valence-electron chi connectivity index (χ2n) is 4.46. The number of aliphatic carboxylic acids is 1. The van der Waals surface area contributed by atoms with Gasteiger partial charge in [0.15, 0.2) is 0 Å². The molecule has 0 bridgehead atoms. The summed E-state index contributed by atoms with van der Waals surface area (Å²) in [5.74, 6) is -1.72. The molecule has 0 fully saturated rings. The number of nitrogens with zero attached hydrogens (tertiary/aromatic N) is 1. The third-order valence-electron chi connectivity index (χ3n) is 2.69. The van der Waals surface area contributed by atoms with Crippen molar-refractivity contribution in [1.82, 2.24) is 4.90 Å². The highest BCUT2D eigenvalue weighted by Gasteiger charge is 2.39. The van der Waals surface area contributed by atoms with Crippen LogP contribution in [0.5, 0.6) is 0 Å². The van der Waals surface area contributed by atoms with Crippen LogP contribution in [-0.4, -0.2) is 47.9 Å². The number of carbonyl (C=O) groups excluding carboxylic acids is 1. The van der Waals surface area contributed by atoms with Gasteiger partial charge in [-0.2, -0.15) is 13.2 Å². The van der Waals surface area contributed by atoms with Crippen molar-refractivity contribution in [3.8, 4) is 0 Å². The van der Waals surface area contributed by atoms with Gasteiger partial charge < -0.3 is 9.84 Å². The largest absolute Gasteiger partial charge is 0.480 e. The van der Waals surface area contributed by atoms with Crippen molar-refractivity contribution in [3.63, 3.8) is 0 Å². The van der Waals surface area contributed by atoms with Crippen molar-refractivity contribution >= 4 is 12.1 Å². The van der Waals surface area contributed by atoms with Crippen LogP contribution >= 0.6 is 0 Å². The van der Waals surface area contributed by atoms with Gasteiger partial charge in [0.2, 0.25) is 0 Å². The maximum absolute atomic E-state index is 12.2. The fourth-order valence-corrected chi connectivity index (χ4v) is 1.53. The third kappa shape index (κ3) is 7.85. The first-order valence-corrected chi connectivity index (χ1v) is 6.38. The number of carboxylic acid groups (broad SMARTS) is 1. The molecule has 0 aliphatic heterocycles. The third-order valence-corrected chi connectivity index (χ3v) is 2.69. The lowest BCUT2D eigenvalue weighted by molar-refractivity contribution is -0.164. The first-order valence-electron chi connectivity index (χ1n) is 6.38. The molecule has 0 spiro atoms. The first-order chi connectivity index (χ1) is 9.19. The molecule has 1 N–H and O–H groups in total. The number of hydrogen-bond acceptors (Lipinski definition) is 3. The van der Waals surface area contributed by atoms with Gasteiger partial charge in [0.05, 0.1) is 13.0 Å². The van der Waals surface area contributed by atoms with E-state index in [1.165, 1.54) is 0 Å². The Bertz CT molecular complexity index is 320. The summed E-state index contributed by atoms with van der Waals surface area (Å²) in [7, 11) is 0.985. The van der Waals surface area contributed by atoms with Gasteiger partial charge >= 0.3 is 18.2 Å². The number of likely N-dealkylation sites (N-methyl/N-ethyl adjacent to an activating group) is 1. The zero-order chi connectivity index (χ0) is 15.8. The van der Waals surface area contributed by atoms with Crippen LogP contribution in [0.15, 0.2) is 0 Å². The van der Waals surface area contributed by atoms with Crippen LogP contribution in [0.3, 0.4) is 0 Å². The average molecular weight is 299 g/mol. The second-order valence-corrected chi connectivity index (χ2v) is 4.46. The number of rotatable bonds is 8. The predicted octanol–water partition coefficient (Wildman–Crippen LogP) is 3.04. The van der Waals surface area contributed by atoms with Crippen molar-refractivity contribution in [2.24, 2.45) is 0 Å². The zero-order valence-corrected chi connectivity index (χ0v) is 11.6. The normalized spacial score (nSPS) is 12.8. The lowest BCUT2D eigenvalue weighted by Crippen LogP contribution is -2.45. The molecule has 0 rings (SSSR count). The van der Waals surface area contributed by atoms with Crippen molar-refractivity contribution in [3.05, 3.63) is 0 Å². The fraction of sp³-hybridized carbons (Fsp3) is 0.833. The Balaban J connectivity index is 4.32. The SMILES string of the molecule is CCCCCCOC(=O)N(C)C(CC(F)(F)F)C(=O)O. The predicted molar refractivity (Wildman–Crippen MR) is 65.3 cm³/mol. The summed E-state index contributed by atoms with van der Waals surface area (Å²) in [4.78, 5) is 22.7. The number of alkyl halides is 3. The molecule has 0 aromatic heterocycles. The van der Waals surface area contributed by atoms with E-state index in [0.717, 1.165) is 26.3 Å². The highest BCUT2D eigenvalue weighted by atomic mass is 19.4. The van der Waals surface area contributed by atoms with Gasteiger partial charge in [-0.25, -0.2) is 9.59 Å². The standard InChI is InChI=1S/C12H20F3NO4/c1-3-4-5-6-7-20-11(19)16(2)9(10(17)18)8-12(13,14)15/h9H,3-8H2,1-2H3,(H,17,18). The van der Waals surface area contributed by atoms with E-state index in [9.17, 15) is 22.8 Å². The molecule has 0 saturated carbocycles. The Labute approximate surface area is 115 Å². The molecule has 8 heteroatoms. The van der Waals surface area contributed by atoms with Crippen molar-refractivity contribution in [1.29, 1.82) is 0 Å². The lowest BCUT2D eigenvalue weighted by atomic mass is 10.2. The Morgan fingerprint density at radius 2 is 1.85 bits per heavy atom. The average Bonchev–Trinajstić information content (AvgIpc) is 2.33. The van der Waals surface area contributed by atoms with E-state index in [-0.39, 0.29) is 6.61 Å². The number of unbranched alkanes of at least 4 members (excludes halogenated alkanes) is 3. The van der Waals surface area contributed by atoms with Crippen LogP contribution in [0.4, 0.5) is 18.0 Å². The molecule has 0 aliphatic rings. The maximum Gasteiger partial charge on any atom is 0.410 e. The summed E-state index contributed by atoms with van der Waals surface area (Å²) < 4.78 is 41.5. The minimum atomic E-state index is -4.67. The Kier molecular flexibility index (Phi) is 8.02. The summed E-state index contributed by atoms with van der Waals surface area (Å²) in [5.41, 5.74) is 0. The number of carboxylic acids is 1. The molecule has 1 amide bonds. The smallest absolute Gasteiger partial charge is 0.410 e. The van der Waals surface area contributed by atoms with Crippen LogP contribution in [0.25, 0.3) is 0 Å². The summed E-state index contributed by atoms with van der Waals surface area (Å²) in [6.45, 7) is 2.08. The lowest BCUT2D eigenvalue weighted by Gasteiger charge is -2.24. The number of carbonyl (C=O) groups is 2. The van der Waals surface area contributed by atoms with Crippen molar-refractivity contribution in [2.45, 2.75) is 51.2 Å². The van der Waals surface area contributed by atoms with Gasteiger partial charge in [-0.1, -0.05) is 26.2 Å². The van der Waals surface area contributed by atoms with Gasteiger partial charge in [0.1, 0.15) is 6.04 Å².